The van der Waals surface area contributed by atoms with E-state index in [1.165, 1.54) is 12.8 Å². The van der Waals surface area contributed by atoms with Crippen LogP contribution >= 0.6 is 0 Å². The molecule has 0 aromatic rings. The first-order valence-electron chi connectivity index (χ1n) is 5.08. The third-order valence-corrected chi connectivity index (χ3v) is 1.73. The summed E-state index contributed by atoms with van der Waals surface area (Å²) in [5, 5.41) is 10.1. The predicted molar refractivity (Wildman–Crippen MR) is 51.3 cm³/mol. The first-order valence-corrected chi connectivity index (χ1v) is 5.08. The third kappa shape index (κ3) is 9.80. The molecule has 79 valence electrons. The lowest BCUT2D eigenvalue weighted by molar-refractivity contribution is -0.0271. The van der Waals surface area contributed by atoms with Gasteiger partial charge in [-0.05, 0) is 13.3 Å². The highest BCUT2D eigenvalue weighted by Gasteiger charge is 2.00. The van der Waals surface area contributed by atoms with Crippen molar-refractivity contribution in [3.63, 3.8) is 0 Å². The SMILES string of the molecule is CCCCCOCC(C)OCC[O]. The van der Waals surface area contributed by atoms with Gasteiger partial charge in [0.2, 0.25) is 0 Å². The molecule has 1 unspecified atom stereocenters. The molecule has 0 N–H and O–H groups in total. The van der Waals surface area contributed by atoms with Gasteiger partial charge in [0.05, 0.1) is 19.3 Å². The maximum absolute atomic E-state index is 10.1. The van der Waals surface area contributed by atoms with Crippen molar-refractivity contribution >= 4 is 0 Å². The summed E-state index contributed by atoms with van der Waals surface area (Å²) < 4.78 is 10.5. The van der Waals surface area contributed by atoms with E-state index in [9.17, 15) is 5.11 Å². The molecule has 3 heteroatoms. The van der Waals surface area contributed by atoms with Crippen LogP contribution in [0.3, 0.4) is 0 Å². The van der Waals surface area contributed by atoms with Crippen LogP contribution < -0.4 is 0 Å². The minimum absolute atomic E-state index is 0.0515. The van der Waals surface area contributed by atoms with Crippen LogP contribution in [0.25, 0.3) is 0 Å². The Bertz CT molecular complexity index is 96.2. The van der Waals surface area contributed by atoms with Crippen molar-refractivity contribution in [2.75, 3.05) is 26.4 Å². The monoisotopic (exact) mass is 189 g/mol. The van der Waals surface area contributed by atoms with Crippen molar-refractivity contribution < 1.29 is 14.6 Å². The van der Waals surface area contributed by atoms with E-state index in [4.69, 9.17) is 9.47 Å². The number of rotatable bonds is 9. The average molecular weight is 189 g/mol. The Morgan fingerprint density at radius 2 is 2.00 bits per heavy atom. The van der Waals surface area contributed by atoms with Crippen LogP contribution in [-0.4, -0.2) is 32.5 Å². The molecule has 3 nitrogen and oxygen atoms in total. The Morgan fingerprint density at radius 1 is 1.23 bits per heavy atom. The predicted octanol–water partition coefficient (Wildman–Crippen LogP) is 2.03. The normalized spacial score (nSPS) is 13.2. The topological polar surface area (TPSA) is 38.4 Å². The zero-order valence-electron chi connectivity index (χ0n) is 8.75. The van der Waals surface area contributed by atoms with Gasteiger partial charge in [0.1, 0.15) is 6.61 Å². The third-order valence-electron chi connectivity index (χ3n) is 1.73. The van der Waals surface area contributed by atoms with Gasteiger partial charge < -0.3 is 9.47 Å². The standard InChI is InChI=1S/C10H21O3/c1-3-4-5-7-12-9-10(2)13-8-6-11/h10H,3-9H2,1-2H3. The number of unbranched alkanes of at least 4 members (excludes halogenated alkanes) is 2. The van der Waals surface area contributed by atoms with Crippen molar-refractivity contribution in [3.8, 4) is 0 Å². The molecule has 0 aromatic carbocycles. The van der Waals surface area contributed by atoms with Crippen LogP contribution in [-0.2, 0) is 14.6 Å². The summed E-state index contributed by atoms with van der Waals surface area (Å²) in [4.78, 5) is 0. The lowest BCUT2D eigenvalue weighted by Crippen LogP contribution is -2.18. The fourth-order valence-electron chi connectivity index (χ4n) is 1.00. The molecule has 1 atom stereocenters. The van der Waals surface area contributed by atoms with Crippen LogP contribution in [0.2, 0.25) is 0 Å². The molecule has 0 fully saturated rings. The molecule has 0 amide bonds. The fourth-order valence-corrected chi connectivity index (χ4v) is 1.00. The summed E-state index contributed by atoms with van der Waals surface area (Å²) in [5.41, 5.74) is 0. The van der Waals surface area contributed by atoms with E-state index >= 15 is 0 Å². The lowest BCUT2D eigenvalue weighted by Gasteiger charge is -2.11. The summed E-state index contributed by atoms with van der Waals surface area (Å²) in [6.07, 6.45) is 3.60. The van der Waals surface area contributed by atoms with E-state index in [0.717, 1.165) is 13.0 Å². The van der Waals surface area contributed by atoms with Gasteiger partial charge in [0.25, 0.3) is 0 Å². The highest BCUT2D eigenvalue weighted by atomic mass is 16.5. The fraction of sp³-hybridized carbons (Fsp3) is 1.00. The molecular weight excluding hydrogens is 168 g/mol. The van der Waals surface area contributed by atoms with Crippen molar-refractivity contribution in [2.45, 2.75) is 39.2 Å². The molecular formula is C10H21O3. The van der Waals surface area contributed by atoms with E-state index in [1.807, 2.05) is 6.92 Å². The Morgan fingerprint density at radius 3 is 2.62 bits per heavy atom. The summed E-state index contributed by atoms with van der Waals surface area (Å²) >= 11 is 0. The smallest absolute Gasteiger partial charge is 0.106 e. The number of ether oxygens (including phenoxy) is 2. The molecule has 0 aromatic heterocycles. The van der Waals surface area contributed by atoms with E-state index in [0.29, 0.717) is 13.2 Å². The molecule has 0 rings (SSSR count). The highest BCUT2D eigenvalue weighted by molar-refractivity contribution is 4.47. The maximum Gasteiger partial charge on any atom is 0.106 e. The van der Waals surface area contributed by atoms with Crippen LogP contribution in [0.1, 0.15) is 33.1 Å². The van der Waals surface area contributed by atoms with Crippen LogP contribution in [0.5, 0.6) is 0 Å². The quantitative estimate of drug-likeness (QED) is 0.520. The Kier molecular flexibility index (Phi) is 9.87. The second-order valence-electron chi connectivity index (χ2n) is 3.17. The minimum Gasteiger partial charge on any atom is -0.379 e. The summed E-state index contributed by atoms with van der Waals surface area (Å²) in [5.74, 6) is 0. The molecule has 0 aliphatic heterocycles. The maximum atomic E-state index is 10.1. The first-order chi connectivity index (χ1) is 6.31. The lowest BCUT2D eigenvalue weighted by atomic mass is 10.3. The van der Waals surface area contributed by atoms with Gasteiger partial charge in [-0.2, -0.15) is 0 Å². The Balaban J connectivity index is 3.03. The summed E-state index contributed by atoms with van der Waals surface area (Å²) in [6, 6.07) is 0. The van der Waals surface area contributed by atoms with Gasteiger partial charge in [-0.15, -0.1) is 0 Å². The number of hydrogen-bond donors (Lipinski definition) is 0. The van der Waals surface area contributed by atoms with Gasteiger partial charge >= 0.3 is 0 Å². The van der Waals surface area contributed by atoms with Gasteiger partial charge in [-0.25, -0.2) is 5.11 Å². The van der Waals surface area contributed by atoms with Crippen LogP contribution in [0, 0.1) is 0 Å². The second kappa shape index (κ2) is 9.96. The molecule has 0 bridgehead atoms. The van der Waals surface area contributed by atoms with E-state index in [1.54, 1.807) is 0 Å². The van der Waals surface area contributed by atoms with Gasteiger partial charge in [0.15, 0.2) is 0 Å². The van der Waals surface area contributed by atoms with Crippen molar-refractivity contribution in [1.29, 1.82) is 0 Å². The van der Waals surface area contributed by atoms with Crippen molar-refractivity contribution in [2.24, 2.45) is 0 Å². The van der Waals surface area contributed by atoms with E-state index in [2.05, 4.69) is 6.92 Å². The average Bonchev–Trinajstić information content (AvgIpc) is 2.14. The van der Waals surface area contributed by atoms with Gasteiger partial charge in [-0.3, -0.25) is 0 Å². The summed E-state index contributed by atoms with van der Waals surface area (Å²) in [7, 11) is 0. The zero-order valence-corrected chi connectivity index (χ0v) is 8.75. The summed E-state index contributed by atoms with van der Waals surface area (Å²) in [6.45, 7) is 5.62. The molecule has 0 saturated heterocycles. The van der Waals surface area contributed by atoms with Gasteiger partial charge in [-0.1, -0.05) is 19.8 Å². The van der Waals surface area contributed by atoms with Crippen LogP contribution in [0.15, 0.2) is 0 Å². The van der Waals surface area contributed by atoms with Crippen LogP contribution in [0.4, 0.5) is 0 Å². The largest absolute Gasteiger partial charge is 0.379 e. The molecule has 0 aliphatic carbocycles. The molecule has 0 aliphatic rings. The second-order valence-corrected chi connectivity index (χ2v) is 3.17. The molecule has 0 spiro atoms. The zero-order chi connectivity index (χ0) is 9.94. The van der Waals surface area contributed by atoms with Gasteiger partial charge in [0, 0.05) is 6.61 Å². The Labute approximate surface area is 81.0 Å². The molecule has 1 radical (unpaired) electrons. The number of hydrogen-bond acceptors (Lipinski definition) is 2. The van der Waals surface area contributed by atoms with E-state index in [-0.39, 0.29) is 12.7 Å². The Hall–Kier alpha value is -0.120. The van der Waals surface area contributed by atoms with E-state index < -0.39 is 0 Å². The minimum atomic E-state index is -0.166. The molecule has 0 saturated carbocycles. The molecule has 13 heavy (non-hydrogen) atoms. The highest BCUT2D eigenvalue weighted by Crippen LogP contribution is 1.96. The van der Waals surface area contributed by atoms with Crippen molar-refractivity contribution in [3.05, 3.63) is 0 Å². The first kappa shape index (κ1) is 12.9. The van der Waals surface area contributed by atoms with Crippen molar-refractivity contribution in [1.82, 2.24) is 0 Å². The molecule has 0 heterocycles.